The lowest BCUT2D eigenvalue weighted by Crippen LogP contribution is -2.26. The molecule has 0 amide bonds. The predicted octanol–water partition coefficient (Wildman–Crippen LogP) is 3.64. The molecule has 0 radical (unpaired) electrons. The number of nitrogens with one attached hydrogen (secondary N) is 1. The second kappa shape index (κ2) is 7.29. The summed E-state index contributed by atoms with van der Waals surface area (Å²) in [4.78, 5) is 0. The Morgan fingerprint density at radius 1 is 1.29 bits per heavy atom. The van der Waals surface area contributed by atoms with E-state index in [1.54, 1.807) is 6.07 Å². The number of aliphatic hydroxyl groups is 1. The van der Waals surface area contributed by atoms with Gasteiger partial charge in [-0.25, -0.2) is 4.39 Å². The highest BCUT2D eigenvalue weighted by atomic mass is 35.5. The highest BCUT2D eigenvalue weighted by Gasteiger charge is 2.07. The molecule has 0 saturated carbocycles. The summed E-state index contributed by atoms with van der Waals surface area (Å²) in [6.45, 7) is 2.36. The van der Waals surface area contributed by atoms with E-state index in [2.05, 4.69) is 5.32 Å². The number of hydrogen-bond acceptors (Lipinski definition) is 3. The van der Waals surface area contributed by atoms with Crippen LogP contribution >= 0.6 is 11.6 Å². The van der Waals surface area contributed by atoms with Gasteiger partial charge in [0, 0.05) is 12.2 Å². The van der Waals surface area contributed by atoms with Crippen LogP contribution in [-0.2, 0) is 0 Å². The fraction of sp³-hybridized carbons (Fsp3) is 0.250. The SMILES string of the molecule is Cc1ccccc1OCC(O)CNc1ccc(Cl)c(F)c1. The van der Waals surface area contributed by atoms with Crippen LogP contribution in [0.5, 0.6) is 5.75 Å². The van der Waals surface area contributed by atoms with E-state index in [1.807, 2.05) is 31.2 Å². The van der Waals surface area contributed by atoms with E-state index in [4.69, 9.17) is 16.3 Å². The molecule has 0 aliphatic carbocycles. The second-order valence-corrected chi connectivity index (χ2v) is 5.15. The van der Waals surface area contributed by atoms with E-state index < -0.39 is 11.9 Å². The lowest BCUT2D eigenvalue weighted by molar-refractivity contribution is 0.117. The van der Waals surface area contributed by atoms with Crippen LogP contribution in [0.4, 0.5) is 10.1 Å². The number of ether oxygens (including phenoxy) is 1. The fourth-order valence-electron chi connectivity index (χ4n) is 1.81. The zero-order valence-corrected chi connectivity index (χ0v) is 12.4. The lowest BCUT2D eigenvalue weighted by atomic mass is 10.2. The Hall–Kier alpha value is -1.78. The maximum absolute atomic E-state index is 13.3. The van der Waals surface area contributed by atoms with Crippen LogP contribution in [0.2, 0.25) is 5.02 Å². The highest BCUT2D eigenvalue weighted by molar-refractivity contribution is 6.30. The van der Waals surface area contributed by atoms with Crippen LogP contribution in [-0.4, -0.2) is 24.4 Å². The molecule has 0 aromatic heterocycles. The van der Waals surface area contributed by atoms with Gasteiger partial charge in [0.25, 0.3) is 0 Å². The van der Waals surface area contributed by atoms with Gasteiger partial charge in [0.1, 0.15) is 24.3 Å². The smallest absolute Gasteiger partial charge is 0.143 e. The van der Waals surface area contributed by atoms with E-state index in [-0.39, 0.29) is 18.2 Å². The molecule has 0 aliphatic heterocycles. The minimum Gasteiger partial charge on any atom is -0.491 e. The lowest BCUT2D eigenvalue weighted by Gasteiger charge is -2.15. The van der Waals surface area contributed by atoms with E-state index >= 15 is 0 Å². The van der Waals surface area contributed by atoms with Crippen molar-refractivity contribution >= 4 is 17.3 Å². The monoisotopic (exact) mass is 309 g/mol. The number of aryl methyl sites for hydroxylation is 1. The summed E-state index contributed by atoms with van der Waals surface area (Å²) in [7, 11) is 0. The Kier molecular flexibility index (Phi) is 5.42. The van der Waals surface area contributed by atoms with Gasteiger partial charge in [-0.3, -0.25) is 0 Å². The van der Waals surface area contributed by atoms with Gasteiger partial charge in [0.05, 0.1) is 5.02 Å². The summed E-state index contributed by atoms with van der Waals surface area (Å²) in [6, 6.07) is 12.0. The molecule has 2 aromatic carbocycles. The first-order chi connectivity index (χ1) is 10.1. The van der Waals surface area contributed by atoms with Gasteiger partial charge >= 0.3 is 0 Å². The van der Waals surface area contributed by atoms with Gasteiger partial charge in [-0.15, -0.1) is 0 Å². The molecule has 0 heterocycles. The number of aliphatic hydroxyl groups excluding tert-OH is 1. The summed E-state index contributed by atoms with van der Waals surface area (Å²) in [6.07, 6.45) is -0.705. The van der Waals surface area contributed by atoms with Crippen LogP contribution in [0.1, 0.15) is 5.56 Å². The molecule has 2 N–H and O–H groups in total. The van der Waals surface area contributed by atoms with Gasteiger partial charge in [0.2, 0.25) is 0 Å². The van der Waals surface area contributed by atoms with Crippen molar-refractivity contribution in [3.63, 3.8) is 0 Å². The molecule has 5 heteroatoms. The normalized spacial score (nSPS) is 12.0. The number of benzene rings is 2. The summed E-state index contributed by atoms with van der Waals surface area (Å²) >= 11 is 5.60. The molecule has 0 spiro atoms. The quantitative estimate of drug-likeness (QED) is 0.856. The number of rotatable bonds is 6. The molecule has 2 aromatic rings. The van der Waals surface area contributed by atoms with Gasteiger partial charge in [0.15, 0.2) is 0 Å². The molecule has 0 saturated heterocycles. The molecule has 112 valence electrons. The van der Waals surface area contributed by atoms with Gasteiger partial charge in [-0.2, -0.15) is 0 Å². The molecule has 21 heavy (non-hydrogen) atoms. The Labute approximate surface area is 128 Å². The van der Waals surface area contributed by atoms with Crippen molar-refractivity contribution in [2.24, 2.45) is 0 Å². The largest absolute Gasteiger partial charge is 0.491 e. The Balaban J connectivity index is 1.81. The summed E-state index contributed by atoms with van der Waals surface area (Å²) in [5, 5.41) is 12.9. The number of halogens is 2. The standard InChI is InChI=1S/C16H17ClFNO2/c1-11-4-2-3-5-16(11)21-10-13(20)9-19-12-6-7-14(17)15(18)8-12/h2-8,13,19-20H,9-10H2,1H3. The molecule has 0 aliphatic rings. The van der Waals surface area contributed by atoms with Crippen LogP contribution in [0.15, 0.2) is 42.5 Å². The fourth-order valence-corrected chi connectivity index (χ4v) is 1.92. The van der Waals surface area contributed by atoms with Crippen molar-refractivity contribution < 1.29 is 14.2 Å². The van der Waals surface area contributed by atoms with Crippen LogP contribution in [0.3, 0.4) is 0 Å². The van der Waals surface area contributed by atoms with Crippen molar-refractivity contribution in [1.82, 2.24) is 0 Å². The maximum Gasteiger partial charge on any atom is 0.143 e. The topological polar surface area (TPSA) is 41.5 Å². The molecule has 1 unspecified atom stereocenters. The van der Waals surface area contributed by atoms with Crippen molar-refractivity contribution in [1.29, 1.82) is 0 Å². The number of anilines is 1. The van der Waals surface area contributed by atoms with E-state index in [1.165, 1.54) is 12.1 Å². The Morgan fingerprint density at radius 2 is 2.05 bits per heavy atom. The molecular formula is C16H17ClFNO2. The average Bonchev–Trinajstić information content (AvgIpc) is 2.47. The van der Waals surface area contributed by atoms with E-state index in [0.29, 0.717) is 5.69 Å². The summed E-state index contributed by atoms with van der Waals surface area (Å²) in [5.74, 6) is 0.251. The van der Waals surface area contributed by atoms with Crippen molar-refractivity contribution in [2.75, 3.05) is 18.5 Å². The third kappa shape index (κ3) is 4.62. The first-order valence-electron chi connectivity index (χ1n) is 6.61. The van der Waals surface area contributed by atoms with Crippen LogP contribution in [0, 0.1) is 12.7 Å². The van der Waals surface area contributed by atoms with E-state index in [9.17, 15) is 9.50 Å². The van der Waals surface area contributed by atoms with Gasteiger partial charge in [-0.1, -0.05) is 29.8 Å². The van der Waals surface area contributed by atoms with E-state index in [0.717, 1.165) is 11.3 Å². The third-order valence-electron chi connectivity index (χ3n) is 2.99. The Bertz CT molecular complexity index is 607. The van der Waals surface area contributed by atoms with Crippen LogP contribution in [0.25, 0.3) is 0 Å². The first kappa shape index (κ1) is 15.6. The zero-order valence-electron chi connectivity index (χ0n) is 11.6. The van der Waals surface area contributed by atoms with Crippen molar-refractivity contribution in [3.8, 4) is 5.75 Å². The molecule has 3 nitrogen and oxygen atoms in total. The number of hydrogen-bond donors (Lipinski definition) is 2. The minimum atomic E-state index is -0.705. The second-order valence-electron chi connectivity index (χ2n) is 4.74. The summed E-state index contributed by atoms with van der Waals surface area (Å²) in [5.41, 5.74) is 1.57. The van der Waals surface area contributed by atoms with Gasteiger partial charge < -0.3 is 15.2 Å². The maximum atomic E-state index is 13.3. The molecule has 1 atom stereocenters. The summed E-state index contributed by atoms with van der Waals surface area (Å²) < 4.78 is 18.8. The molecule has 0 fully saturated rings. The van der Waals surface area contributed by atoms with Crippen molar-refractivity contribution in [3.05, 3.63) is 58.9 Å². The third-order valence-corrected chi connectivity index (χ3v) is 3.29. The molecule has 0 bridgehead atoms. The van der Waals surface area contributed by atoms with Crippen LogP contribution < -0.4 is 10.1 Å². The highest BCUT2D eigenvalue weighted by Crippen LogP contribution is 2.19. The molecule has 2 rings (SSSR count). The predicted molar refractivity (Wildman–Crippen MR) is 82.6 cm³/mol. The zero-order chi connectivity index (χ0) is 15.2. The van der Waals surface area contributed by atoms with Crippen molar-refractivity contribution in [2.45, 2.75) is 13.0 Å². The minimum absolute atomic E-state index is 0.0731. The molecular weight excluding hydrogens is 293 g/mol. The Morgan fingerprint density at radius 3 is 2.76 bits per heavy atom. The number of para-hydroxylation sites is 1. The first-order valence-corrected chi connectivity index (χ1v) is 6.99. The average molecular weight is 310 g/mol. The van der Waals surface area contributed by atoms with Gasteiger partial charge in [-0.05, 0) is 36.8 Å².